The van der Waals surface area contributed by atoms with Crippen LogP contribution >= 0.6 is 35.0 Å². The first-order valence-corrected chi connectivity index (χ1v) is 12.8. The number of nitrogens with one attached hydrogen (secondary N) is 1. The second-order valence-corrected chi connectivity index (χ2v) is 10.2. The monoisotopic (exact) mass is 526 g/mol. The fourth-order valence-electron chi connectivity index (χ4n) is 4.26. The molecule has 3 aromatic rings. The Morgan fingerprint density at radius 1 is 1.00 bits per heavy atom. The molecular formula is C26H24Cl2N4O2S. The Bertz CT molecular complexity index is 1340. The highest BCUT2D eigenvalue weighted by Crippen LogP contribution is 2.32. The topological polar surface area (TPSA) is 58.9 Å². The summed E-state index contributed by atoms with van der Waals surface area (Å²) in [5.74, 6) is -0.173. The third-order valence-electron chi connectivity index (χ3n) is 6.03. The van der Waals surface area contributed by atoms with Crippen molar-refractivity contribution in [3.63, 3.8) is 0 Å². The number of halogens is 2. The molecule has 2 aromatic carbocycles. The van der Waals surface area contributed by atoms with E-state index < -0.39 is 0 Å². The Kier molecular flexibility index (Phi) is 6.93. The summed E-state index contributed by atoms with van der Waals surface area (Å²) in [5, 5.41) is 4.22. The van der Waals surface area contributed by atoms with Gasteiger partial charge in [0.1, 0.15) is 0 Å². The predicted molar refractivity (Wildman–Crippen MR) is 146 cm³/mol. The standard InChI is InChI=1S/C26H24Cl2N4O2S/c1-16-13-18(14-24-25(33)30-26(35-24)29-19-3-8-22(27)23(28)15-19)17(2)32(16)21-6-4-20(5-7-21)31-9-11-34-12-10-31/h3-8,13-15H,9-12H2,1-2H3,(H,29,30,33)/b24-14-. The molecule has 9 heteroatoms. The molecule has 1 N–H and O–H groups in total. The highest BCUT2D eigenvalue weighted by molar-refractivity contribution is 8.18. The molecule has 0 saturated carbocycles. The molecule has 1 amide bonds. The smallest absolute Gasteiger partial charge is 0.264 e. The summed E-state index contributed by atoms with van der Waals surface area (Å²) >= 11 is 13.4. The van der Waals surface area contributed by atoms with Gasteiger partial charge < -0.3 is 19.5 Å². The number of aliphatic imine (C=N–C) groups is 1. The number of morpholine rings is 1. The van der Waals surface area contributed by atoms with Crippen LogP contribution in [0.15, 0.2) is 58.4 Å². The zero-order valence-electron chi connectivity index (χ0n) is 19.3. The molecule has 2 saturated heterocycles. The van der Waals surface area contributed by atoms with E-state index in [0.29, 0.717) is 25.8 Å². The molecule has 2 aliphatic rings. The number of thioether (sulfide) groups is 1. The molecule has 0 radical (unpaired) electrons. The first-order valence-electron chi connectivity index (χ1n) is 11.3. The average molecular weight is 527 g/mol. The number of hydrogen-bond donors (Lipinski definition) is 1. The van der Waals surface area contributed by atoms with Crippen LogP contribution in [-0.4, -0.2) is 41.9 Å². The lowest BCUT2D eigenvalue weighted by molar-refractivity contribution is -0.115. The van der Waals surface area contributed by atoms with Gasteiger partial charge in [0.05, 0.1) is 33.9 Å². The summed E-state index contributed by atoms with van der Waals surface area (Å²) in [6, 6.07) is 15.8. The molecule has 0 spiro atoms. The number of amides is 1. The Balaban J connectivity index is 1.37. The van der Waals surface area contributed by atoms with Gasteiger partial charge in [0.15, 0.2) is 5.17 Å². The Hall–Kier alpha value is -2.71. The molecule has 2 fully saturated rings. The minimum atomic E-state index is -0.173. The SMILES string of the molecule is Cc1cc(/C=C2\SC(=Nc3ccc(Cl)c(Cl)c3)NC2=O)c(C)n1-c1ccc(N2CCOCC2)cc1. The van der Waals surface area contributed by atoms with E-state index in [1.807, 2.05) is 6.08 Å². The summed E-state index contributed by atoms with van der Waals surface area (Å²) in [4.78, 5) is 20.0. The maximum Gasteiger partial charge on any atom is 0.264 e. The molecule has 1 aromatic heterocycles. The van der Waals surface area contributed by atoms with Crippen LogP contribution in [0.25, 0.3) is 11.8 Å². The average Bonchev–Trinajstić information content (AvgIpc) is 3.34. The first kappa shape index (κ1) is 24.0. The van der Waals surface area contributed by atoms with Crippen LogP contribution in [0.4, 0.5) is 11.4 Å². The van der Waals surface area contributed by atoms with E-state index in [1.54, 1.807) is 18.2 Å². The molecule has 180 valence electrons. The van der Waals surface area contributed by atoms with Gasteiger partial charge >= 0.3 is 0 Å². The number of rotatable bonds is 4. The van der Waals surface area contributed by atoms with E-state index in [0.717, 1.165) is 48.9 Å². The van der Waals surface area contributed by atoms with E-state index in [2.05, 4.69) is 64.0 Å². The number of ether oxygens (including phenoxy) is 1. The lowest BCUT2D eigenvalue weighted by Gasteiger charge is -2.29. The Morgan fingerprint density at radius 3 is 2.43 bits per heavy atom. The number of aromatic nitrogens is 1. The molecule has 0 atom stereocenters. The number of carbonyl (C=O) groups excluding carboxylic acids is 1. The summed E-state index contributed by atoms with van der Waals surface area (Å²) in [5.41, 5.74) is 6.08. The highest BCUT2D eigenvalue weighted by atomic mass is 35.5. The van der Waals surface area contributed by atoms with E-state index in [1.165, 1.54) is 17.4 Å². The van der Waals surface area contributed by atoms with Crippen LogP contribution in [0.1, 0.15) is 17.0 Å². The predicted octanol–water partition coefficient (Wildman–Crippen LogP) is 6.13. The van der Waals surface area contributed by atoms with Crippen molar-refractivity contribution < 1.29 is 9.53 Å². The second kappa shape index (κ2) is 10.1. The number of aryl methyl sites for hydroxylation is 1. The van der Waals surface area contributed by atoms with Crippen LogP contribution in [0.2, 0.25) is 10.0 Å². The highest BCUT2D eigenvalue weighted by Gasteiger charge is 2.25. The van der Waals surface area contributed by atoms with Crippen molar-refractivity contribution in [2.24, 2.45) is 4.99 Å². The van der Waals surface area contributed by atoms with Crippen molar-refractivity contribution in [3.8, 4) is 5.69 Å². The summed E-state index contributed by atoms with van der Waals surface area (Å²) < 4.78 is 7.66. The molecule has 0 aliphatic carbocycles. The van der Waals surface area contributed by atoms with Gasteiger partial charge in [-0.2, -0.15) is 0 Å². The van der Waals surface area contributed by atoms with Crippen LogP contribution in [0, 0.1) is 13.8 Å². The number of nitrogens with zero attached hydrogens (tertiary/aromatic N) is 3. The number of anilines is 1. The van der Waals surface area contributed by atoms with E-state index in [-0.39, 0.29) is 5.91 Å². The van der Waals surface area contributed by atoms with E-state index in [9.17, 15) is 4.79 Å². The summed E-state index contributed by atoms with van der Waals surface area (Å²) in [7, 11) is 0. The Morgan fingerprint density at radius 2 is 1.71 bits per heavy atom. The number of amidine groups is 1. The first-order chi connectivity index (χ1) is 16.9. The van der Waals surface area contributed by atoms with Crippen LogP contribution < -0.4 is 10.2 Å². The van der Waals surface area contributed by atoms with Crippen molar-refractivity contribution in [2.75, 3.05) is 31.2 Å². The number of benzene rings is 2. The maximum atomic E-state index is 12.6. The molecular weight excluding hydrogens is 503 g/mol. The molecule has 35 heavy (non-hydrogen) atoms. The van der Waals surface area contributed by atoms with Crippen molar-refractivity contribution in [3.05, 3.63) is 80.4 Å². The molecule has 3 heterocycles. The van der Waals surface area contributed by atoms with Gasteiger partial charge in [0.25, 0.3) is 5.91 Å². The molecule has 0 bridgehead atoms. The number of hydrogen-bond acceptors (Lipinski definition) is 5. The lowest BCUT2D eigenvalue weighted by atomic mass is 10.2. The normalized spacial score (nSPS) is 18.5. The van der Waals surface area contributed by atoms with Gasteiger partial charge in [-0.1, -0.05) is 23.2 Å². The number of carbonyl (C=O) groups is 1. The molecule has 2 aliphatic heterocycles. The van der Waals surface area contributed by atoms with Crippen molar-refractivity contribution in [1.29, 1.82) is 0 Å². The zero-order valence-corrected chi connectivity index (χ0v) is 21.7. The van der Waals surface area contributed by atoms with Gasteiger partial charge in [-0.05, 0) is 85.8 Å². The minimum absolute atomic E-state index is 0.173. The molecule has 0 unspecified atom stereocenters. The van der Waals surface area contributed by atoms with Crippen LogP contribution in [-0.2, 0) is 9.53 Å². The van der Waals surface area contributed by atoms with Crippen molar-refractivity contribution >= 4 is 63.5 Å². The fourth-order valence-corrected chi connectivity index (χ4v) is 5.38. The minimum Gasteiger partial charge on any atom is -0.378 e. The van der Waals surface area contributed by atoms with Gasteiger partial charge in [-0.25, -0.2) is 4.99 Å². The lowest BCUT2D eigenvalue weighted by Crippen LogP contribution is -2.36. The second-order valence-electron chi connectivity index (χ2n) is 8.36. The largest absolute Gasteiger partial charge is 0.378 e. The Labute approximate surface area is 218 Å². The summed E-state index contributed by atoms with van der Waals surface area (Å²) in [6.07, 6.45) is 1.91. The third kappa shape index (κ3) is 5.14. The van der Waals surface area contributed by atoms with Gasteiger partial charge in [-0.15, -0.1) is 0 Å². The fraction of sp³-hybridized carbons (Fsp3) is 0.231. The van der Waals surface area contributed by atoms with Crippen molar-refractivity contribution in [1.82, 2.24) is 9.88 Å². The zero-order chi connectivity index (χ0) is 24.5. The van der Waals surface area contributed by atoms with E-state index in [4.69, 9.17) is 27.9 Å². The van der Waals surface area contributed by atoms with Gasteiger partial charge in [0.2, 0.25) is 0 Å². The molecule has 6 nitrogen and oxygen atoms in total. The quantitative estimate of drug-likeness (QED) is 0.415. The summed E-state index contributed by atoms with van der Waals surface area (Å²) in [6.45, 7) is 7.49. The third-order valence-corrected chi connectivity index (χ3v) is 7.67. The van der Waals surface area contributed by atoms with Gasteiger partial charge in [-0.3, -0.25) is 4.79 Å². The van der Waals surface area contributed by atoms with Crippen molar-refractivity contribution in [2.45, 2.75) is 13.8 Å². The van der Waals surface area contributed by atoms with Crippen LogP contribution in [0.5, 0.6) is 0 Å². The molecule has 5 rings (SSSR count). The van der Waals surface area contributed by atoms with Gasteiger partial charge in [0, 0.05) is 35.9 Å². The van der Waals surface area contributed by atoms with Crippen LogP contribution in [0.3, 0.4) is 0 Å². The maximum absolute atomic E-state index is 12.6. The van der Waals surface area contributed by atoms with E-state index >= 15 is 0 Å².